The molecule has 0 saturated carbocycles. The fourth-order valence-corrected chi connectivity index (χ4v) is 1.90. The molecule has 0 aliphatic rings. The number of nitrogens with zero attached hydrogens (tertiary/aromatic N) is 2. The van der Waals surface area contributed by atoms with E-state index in [0.29, 0.717) is 0 Å². The van der Waals surface area contributed by atoms with E-state index in [1.54, 1.807) is 0 Å². The Bertz CT molecular complexity index is 485. The molecule has 0 aliphatic carbocycles. The van der Waals surface area contributed by atoms with Crippen molar-refractivity contribution in [1.29, 1.82) is 0 Å². The molecule has 0 radical (unpaired) electrons. The lowest BCUT2D eigenvalue weighted by Crippen LogP contribution is -2.03. The first-order valence-electron chi connectivity index (χ1n) is 6.02. The Morgan fingerprint density at radius 3 is 2.94 bits per heavy atom. The predicted octanol–water partition coefficient (Wildman–Crippen LogP) is 2.58. The van der Waals surface area contributed by atoms with Gasteiger partial charge in [-0.15, -0.1) is 0 Å². The molecule has 0 amide bonds. The molecule has 0 unspecified atom stereocenters. The van der Waals surface area contributed by atoms with Crippen LogP contribution in [-0.4, -0.2) is 16.8 Å². The number of nitrogens with one attached hydrogen (secondary N) is 1. The number of furan rings is 1. The number of hydrogen-bond acceptors (Lipinski definition) is 3. The molecule has 2 aromatic rings. The molecule has 0 aliphatic heterocycles. The summed E-state index contributed by atoms with van der Waals surface area (Å²) < 4.78 is 7.74. The maximum atomic E-state index is 5.77. The van der Waals surface area contributed by atoms with Crippen molar-refractivity contribution in [3.63, 3.8) is 0 Å². The van der Waals surface area contributed by atoms with Gasteiger partial charge in [0.25, 0.3) is 0 Å². The molecular formula is C13H19N3O. The molecule has 0 atom stereocenters. The molecule has 1 N–H and O–H groups in total. The fourth-order valence-electron chi connectivity index (χ4n) is 1.90. The zero-order valence-corrected chi connectivity index (χ0v) is 10.7. The van der Waals surface area contributed by atoms with Gasteiger partial charge in [0.15, 0.2) is 0 Å². The molecule has 2 rings (SSSR count). The lowest BCUT2D eigenvalue weighted by atomic mass is 10.2. The monoisotopic (exact) mass is 233 g/mol. The molecule has 92 valence electrons. The summed E-state index contributed by atoms with van der Waals surface area (Å²) in [6, 6.07) is 4.01. The summed E-state index contributed by atoms with van der Waals surface area (Å²) in [6.45, 7) is 5.86. The zero-order valence-electron chi connectivity index (χ0n) is 10.7. The fraction of sp³-hybridized carbons (Fsp3) is 0.462. The molecule has 2 aromatic heterocycles. The van der Waals surface area contributed by atoms with Gasteiger partial charge in [0, 0.05) is 12.7 Å². The van der Waals surface area contributed by atoms with Crippen molar-refractivity contribution in [2.24, 2.45) is 0 Å². The summed E-state index contributed by atoms with van der Waals surface area (Å²) >= 11 is 0. The van der Waals surface area contributed by atoms with Gasteiger partial charge >= 0.3 is 0 Å². The largest absolute Gasteiger partial charge is 0.460 e. The van der Waals surface area contributed by atoms with Crippen LogP contribution in [0.4, 0.5) is 0 Å². The van der Waals surface area contributed by atoms with Crippen molar-refractivity contribution in [1.82, 2.24) is 15.1 Å². The van der Waals surface area contributed by atoms with Crippen LogP contribution >= 0.6 is 0 Å². The third-order valence-corrected chi connectivity index (χ3v) is 2.68. The van der Waals surface area contributed by atoms with Gasteiger partial charge in [0.1, 0.15) is 11.5 Å². The second-order valence-electron chi connectivity index (χ2n) is 4.19. The van der Waals surface area contributed by atoms with Crippen LogP contribution in [0.2, 0.25) is 0 Å². The Balaban J connectivity index is 2.25. The van der Waals surface area contributed by atoms with Gasteiger partial charge in [-0.1, -0.05) is 6.92 Å². The first-order chi connectivity index (χ1) is 8.24. The minimum Gasteiger partial charge on any atom is -0.460 e. The van der Waals surface area contributed by atoms with Gasteiger partial charge in [-0.3, -0.25) is 4.68 Å². The first kappa shape index (κ1) is 11.9. The van der Waals surface area contributed by atoms with Crippen LogP contribution < -0.4 is 5.32 Å². The Kier molecular flexibility index (Phi) is 3.64. The maximum absolute atomic E-state index is 5.77. The number of aromatic nitrogens is 2. The molecule has 0 bridgehead atoms. The number of rotatable bonds is 5. The minimum absolute atomic E-state index is 0.752. The molecule has 4 heteroatoms. The predicted molar refractivity (Wildman–Crippen MR) is 67.7 cm³/mol. The van der Waals surface area contributed by atoms with E-state index in [1.165, 1.54) is 0 Å². The Morgan fingerprint density at radius 1 is 1.41 bits per heavy atom. The van der Waals surface area contributed by atoms with Crippen molar-refractivity contribution >= 4 is 0 Å². The van der Waals surface area contributed by atoms with E-state index in [2.05, 4.69) is 23.5 Å². The third kappa shape index (κ3) is 2.58. The highest BCUT2D eigenvalue weighted by atomic mass is 16.3. The molecule has 2 heterocycles. The van der Waals surface area contributed by atoms with Crippen molar-refractivity contribution in [3.8, 4) is 11.3 Å². The second-order valence-corrected chi connectivity index (χ2v) is 4.19. The topological polar surface area (TPSA) is 43.0 Å². The molecule has 17 heavy (non-hydrogen) atoms. The van der Waals surface area contributed by atoms with Crippen molar-refractivity contribution in [3.05, 3.63) is 29.8 Å². The summed E-state index contributed by atoms with van der Waals surface area (Å²) in [5.74, 6) is 1.85. The van der Waals surface area contributed by atoms with Crippen LogP contribution in [0.25, 0.3) is 11.3 Å². The van der Waals surface area contributed by atoms with E-state index >= 15 is 0 Å². The van der Waals surface area contributed by atoms with Crippen LogP contribution in [-0.2, 0) is 13.1 Å². The Labute approximate surface area is 102 Å². The molecular weight excluding hydrogens is 214 g/mol. The first-order valence-corrected chi connectivity index (χ1v) is 6.02. The highest BCUT2D eigenvalue weighted by Crippen LogP contribution is 2.24. The summed E-state index contributed by atoms with van der Waals surface area (Å²) in [7, 11) is 1.91. The van der Waals surface area contributed by atoms with Gasteiger partial charge in [-0.05, 0) is 32.5 Å². The molecule has 4 nitrogen and oxygen atoms in total. The van der Waals surface area contributed by atoms with E-state index in [0.717, 1.165) is 42.3 Å². The van der Waals surface area contributed by atoms with Crippen molar-refractivity contribution < 1.29 is 4.42 Å². The van der Waals surface area contributed by atoms with Gasteiger partial charge in [-0.2, -0.15) is 5.10 Å². The average Bonchev–Trinajstić information content (AvgIpc) is 2.87. The SMILES string of the molecule is CCCn1cc(-c2ccc(CNC)o2)c(C)n1. The summed E-state index contributed by atoms with van der Waals surface area (Å²) in [5, 5.41) is 7.55. The number of aryl methyl sites for hydroxylation is 2. The number of hydrogen-bond donors (Lipinski definition) is 1. The smallest absolute Gasteiger partial charge is 0.137 e. The third-order valence-electron chi connectivity index (χ3n) is 2.68. The maximum Gasteiger partial charge on any atom is 0.137 e. The Morgan fingerprint density at radius 2 is 2.24 bits per heavy atom. The van der Waals surface area contributed by atoms with Crippen LogP contribution in [0.3, 0.4) is 0 Å². The van der Waals surface area contributed by atoms with Gasteiger partial charge < -0.3 is 9.73 Å². The van der Waals surface area contributed by atoms with E-state index in [9.17, 15) is 0 Å². The molecule has 0 spiro atoms. The molecule has 0 aromatic carbocycles. The standard InChI is InChI=1S/C13H19N3O/c1-4-7-16-9-12(10(2)15-16)13-6-5-11(17-13)8-14-3/h5-6,9,14H,4,7-8H2,1-3H3. The highest BCUT2D eigenvalue weighted by Gasteiger charge is 2.11. The molecule has 0 saturated heterocycles. The van der Waals surface area contributed by atoms with Crippen LogP contribution in [0.1, 0.15) is 24.8 Å². The Hall–Kier alpha value is -1.55. The zero-order chi connectivity index (χ0) is 12.3. The highest BCUT2D eigenvalue weighted by molar-refractivity contribution is 5.59. The lowest BCUT2D eigenvalue weighted by molar-refractivity contribution is 0.507. The van der Waals surface area contributed by atoms with Crippen molar-refractivity contribution in [2.75, 3.05) is 7.05 Å². The lowest BCUT2D eigenvalue weighted by Gasteiger charge is -1.95. The van der Waals surface area contributed by atoms with Crippen LogP contribution in [0.5, 0.6) is 0 Å². The van der Waals surface area contributed by atoms with E-state index < -0.39 is 0 Å². The van der Waals surface area contributed by atoms with E-state index in [4.69, 9.17) is 4.42 Å². The van der Waals surface area contributed by atoms with E-state index in [1.807, 2.05) is 30.8 Å². The summed E-state index contributed by atoms with van der Waals surface area (Å²) in [6.07, 6.45) is 3.14. The normalized spacial score (nSPS) is 11.0. The van der Waals surface area contributed by atoms with E-state index in [-0.39, 0.29) is 0 Å². The van der Waals surface area contributed by atoms with Gasteiger partial charge in [0.2, 0.25) is 0 Å². The van der Waals surface area contributed by atoms with Crippen molar-refractivity contribution in [2.45, 2.75) is 33.4 Å². The second kappa shape index (κ2) is 5.19. The summed E-state index contributed by atoms with van der Waals surface area (Å²) in [4.78, 5) is 0. The molecule has 0 fully saturated rings. The summed E-state index contributed by atoms with van der Waals surface area (Å²) in [5.41, 5.74) is 2.10. The van der Waals surface area contributed by atoms with Gasteiger partial charge in [0.05, 0.1) is 17.8 Å². The minimum atomic E-state index is 0.752. The average molecular weight is 233 g/mol. The van der Waals surface area contributed by atoms with Crippen LogP contribution in [0.15, 0.2) is 22.7 Å². The van der Waals surface area contributed by atoms with Gasteiger partial charge in [-0.25, -0.2) is 0 Å². The van der Waals surface area contributed by atoms with Crippen LogP contribution in [0, 0.1) is 6.92 Å². The quantitative estimate of drug-likeness (QED) is 0.863.